The number of alkyl carbamates (subject to hydrolysis) is 1. The Kier molecular flexibility index (Phi) is 6.24. The number of amides is 2. The van der Waals surface area contributed by atoms with E-state index in [1.807, 2.05) is 24.3 Å². The molecule has 2 aromatic rings. The molecular formula is C26H28N2O6. The minimum absolute atomic E-state index is 0.00629. The molecule has 2 aromatic carbocycles. The van der Waals surface area contributed by atoms with Crippen molar-refractivity contribution in [1.29, 1.82) is 0 Å². The van der Waals surface area contributed by atoms with Crippen LogP contribution in [0, 0.1) is 17.8 Å². The Hall–Kier alpha value is -3.39. The first-order valence-electron chi connectivity index (χ1n) is 11.7. The molecule has 0 spiro atoms. The van der Waals surface area contributed by atoms with Crippen LogP contribution in [0.4, 0.5) is 4.79 Å². The monoisotopic (exact) mass is 464 g/mol. The van der Waals surface area contributed by atoms with Gasteiger partial charge in [-0.15, -0.1) is 0 Å². The number of carboxylic acid groups (broad SMARTS) is 1. The van der Waals surface area contributed by atoms with Gasteiger partial charge in [-0.2, -0.15) is 0 Å². The highest BCUT2D eigenvalue weighted by Crippen LogP contribution is 2.44. The number of nitrogens with one attached hydrogen (secondary N) is 2. The third kappa shape index (κ3) is 4.50. The summed E-state index contributed by atoms with van der Waals surface area (Å²) in [7, 11) is 0. The lowest BCUT2D eigenvalue weighted by Gasteiger charge is -2.15. The summed E-state index contributed by atoms with van der Waals surface area (Å²) in [4.78, 5) is 35.9. The Labute approximate surface area is 197 Å². The standard InChI is InChI=1S/C26H28N2O6/c29-24(27-12-15-9-10-33-23(15)25(30)31)21-11-16(21)13-28-26(32)34-14-22-19-7-3-1-5-17(19)18-6-2-4-8-20(18)22/h1-8,15-16,21-23H,9-14H2,(H,27,29)(H,28,32)(H,30,31)/t15-,16-,21-,23-/m1/s1. The van der Waals surface area contributed by atoms with E-state index in [1.54, 1.807) is 0 Å². The van der Waals surface area contributed by atoms with Crippen LogP contribution >= 0.6 is 0 Å². The molecule has 0 bridgehead atoms. The quantitative estimate of drug-likeness (QED) is 0.554. The van der Waals surface area contributed by atoms with Gasteiger partial charge in [0, 0.05) is 37.5 Å². The topological polar surface area (TPSA) is 114 Å². The zero-order chi connectivity index (χ0) is 23.7. The Balaban J connectivity index is 1.06. The first-order valence-corrected chi connectivity index (χ1v) is 11.7. The lowest BCUT2D eigenvalue weighted by molar-refractivity contribution is -0.149. The molecule has 2 aliphatic carbocycles. The average molecular weight is 465 g/mol. The molecule has 5 rings (SSSR count). The lowest BCUT2D eigenvalue weighted by atomic mass is 9.98. The fourth-order valence-corrected chi connectivity index (χ4v) is 5.14. The second kappa shape index (κ2) is 9.46. The van der Waals surface area contributed by atoms with Crippen LogP contribution in [-0.2, 0) is 19.1 Å². The molecule has 34 heavy (non-hydrogen) atoms. The molecule has 2 fully saturated rings. The van der Waals surface area contributed by atoms with Crippen LogP contribution in [0.2, 0.25) is 0 Å². The smallest absolute Gasteiger partial charge is 0.407 e. The predicted octanol–water partition coefficient (Wildman–Crippen LogP) is 2.77. The van der Waals surface area contributed by atoms with Gasteiger partial charge in [0.15, 0.2) is 6.10 Å². The third-order valence-electron chi connectivity index (χ3n) is 7.11. The molecule has 1 heterocycles. The molecule has 0 unspecified atom stereocenters. The van der Waals surface area contributed by atoms with Crippen LogP contribution in [0.25, 0.3) is 11.1 Å². The van der Waals surface area contributed by atoms with Gasteiger partial charge >= 0.3 is 12.1 Å². The molecule has 3 N–H and O–H groups in total. The van der Waals surface area contributed by atoms with Crippen molar-refractivity contribution in [1.82, 2.24) is 10.6 Å². The van der Waals surface area contributed by atoms with Crippen molar-refractivity contribution in [2.24, 2.45) is 17.8 Å². The first kappa shape index (κ1) is 22.4. The van der Waals surface area contributed by atoms with Gasteiger partial charge in [0.2, 0.25) is 5.91 Å². The Morgan fingerprint density at radius 2 is 1.59 bits per heavy atom. The summed E-state index contributed by atoms with van der Waals surface area (Å²) in [6.07, 6.45) is -0.0286. The molecule has 1 saturated heterocycles. The number of carboxylic acids is 1. The predicted molar refractivity (Wildman–Crippen MR) is 123 cm³/mol. The summed E-state index contributed by atoms with van der Waals surface area (Å²) in [5.74, 6) is -1.40. The average Bonchev–Trinajstić information content (AvgIpc) is 3.34. The first-order chi connectivity index (χ1) is 16.5. The van der Waals surface area contributed by atoms with Gasteiger partial charge in [-0.3, -0.25) is 4.79 Å². The second-order valence-electron chi connectivity index (χ2n) is 9.23. The molecule has 0 radical (unpaired) electrons. The van der Waals surface area contributed by atoms with E-state index in [4.69, 9.17) is 14.6 Å². The van der Waals surface area contributed by atoms with Gasteiger partial charge in [0.05, 0.1) is 0 Å². The van der Waals surface area contributed by atoms with Crippen LogP contribution in [-0.4, -0.2) is 55.5 Å². The van der Waals surface area contributed by atoms with Crippen LogP contribution in [0.3, 0.4) is 0 Å². The van der Waals surface area contributed by atoms with Crippen molar-refractivity contribution >= 4 is 18.0 Å². The molecular weight excluding hydrogens is 436 g/mol. The van der Waals surface area contributed by atoms with Crippen molar-refractivity contribution in [2.75, 3.05) is 26.3 Å². The number of benzene rings is 2. The Morgan fingerprint density at radius 1 is 0.941 bits per heavy atom. The molecule has 3 aliphatic rings. The maximum atomic E-state index is 12.4. The number of rotatable bonds is 8. The molecule has 4 atom stereocenters. The summed E-state index contributed by atoms with van der Waals surface area (Å²) < 4.78 is 10.8. The van der Waals surface area contributed by atoms with Gasteiger partial charge in [-0.05, 0) is 41.0 Å². The molecule has 8 nitrogen and oxygen atoms in total. The highest BCUT2D eigenvalue weighted by Gasteiger charge is 2.43. The number of aliphatic carboxylic acids is 1. The van der Waals surface area contributed by atoms with E-state index in [0.29, 0.717) is 32.5 Å². The Bertz CT molecular complexity index is 1060. The van der Waals surface area contributed by atoms with Crippen molar-refractivity contribution in [3.8, 4) is 11.1 Å². The minimum atomic E-state index is -0.992. The minimum Gasteiger partial charge on any atom is -0.479 e. The van der Waals surface area contributed by atoms with E-state index in [0.717, 1.165) is 11.1 Å². The number of carbonyl (C=O) groups is 3. The molecule has 8 heteroatoms. The van der Waals surface area contributed by atoms with E-state index < -0.39 is 18.2 Å². The lowest BCUT2D eigenvalue weighted by Crippen LogP contribution is -2.37. The third-order valence-corrected chi connectivity index (χ3v) is 7.11. The van der Waals surface area contributed by atoms with Gasteiger partial charge in [-0.25, -0.2) is 9.59 Å². The van der Waals surface area contributed by atoms with Crippen LogP contribution in [0.1, 0.15) is 29.9 Å². The maximum absolute atomic E-state index is 12.4. The molecule has 1 saturated carbocycles. The summed E-state index contributed by atoms with van der Waals surface area (Å²) in [5.41, 5.74) is 4.68. The largest absolute Gasteiger partial charge is 0.479 e. The normalized spacial score (nSPS) is 24.7. The number of ether oxygens (including phenoxy) is 2. The molecule has 2 amide bonds. The van der Waals surface area contributed by atoms with Crippen LogP contribution in [0.5, 0.6) is 0 Å². The Morgan fingerprint density at radius 3 is 2.26 bits per heavy atom. The summed E-state index contributed by atoms with van der Waals surface area (Å²) in [6, 6.07) is 16.4. The fourth-order valence-electron chi connectivity index (χ4n) is 5.14. The summed E-state index contributed by atoms with van der Waals surface area (Å²) >= 11 is 0. The number of hydrogen-bond acceptors (Lipinski definition) is 5. The van der Waals surface area contributed by atoms with Gasteiger partial charge in [0.1, 0.15) is 6.61 Å². The summed E-state index contributed by atoms with van der Waals surface area (Å²) in [5, 5.41) is 14.8. The van der Waals surface area contributed by atoms with Crippen molar-refractivity contribution in [2.45, 2.75) is 24.9 Å². The maximum Gasteiger partial charge on any atom is 0.407 e. The molecule has 0 aromatic heterocycles. The number of hydrogen-bond donors (Lipinski definition) is 3. The van der Waals surface area contributed by atoms with Crippen LogP contribution in [0.15, 0.2) is 48.5 Å². The van der Waals surface area contributed by atoms with E-state index in [-0.39, 0.29) is 36.2 Å². The molecule has 1 aliphatic heterocycles. The SMILES string of the molecule is O=C(NC[C@H]1C[C@H]1C(=O)NC[C@H]1CCO[C@H]1C(=O)O)OCC1c2ccccc2-c2ccccc21. The highest BCUT2D eigenvalue weighted by molar-refractivity contribution is 5.82. The second-order valence-corrected chi connectivity index (χ2v) is 9.23. The van der Waals surface area contributed by atoms with E-state index in [2.05, 4.69) is 34.9 Å². The molecule has 178 valence electrons. The van der Waals surface area contributed by atoms with Gasteiger partial charge in [0.25, 0.3) is 0 Å². The zero-order valence-electron chi connectivity index (χ0n) is 18.7. The fraction of sp³-hybridized carbons (Fsp3) is 0.423. The van der Waals surface area contributed by atoms with Crippen LogP contribution < -0.4 is 10.6 Å². The number of carbonyl (C=O) groups excluding carboxylic acids is 2. The van der Waals surface area contributed by atoms with Gasteiger partial charge < -0.3 is 25.2 Å². The summed E-state index contributed by atoms with van der Waals surface area (Å²) in [6.45, 7) is 1.31. The zero-order valence-corrected chi connectivity index (χ0v) is 18.7. The van der Waals surface area contributed by atoms with E-state index in [1.165, 1.54) is 11.1 Å². The van der Waals surface area contributed by atoms with Crippen molar-refractivity contribution in [3.63, 3.8) is 0 Å². The van der Waals surface area contributed by atoms with Gasteiger partial charge in [-0.1, -0.05) is 48.5 Å². The van der Waals surface area contributed by atoms with E-state index >= 15 is 0 Å². The number of fused-ring (bicyclic) bond motifs is 3. The highest BCUT2D eigenvalue weighted by atomic mass is 16.5. The van der Waals surface area contributed by atoms with E-state index in [9.17, 15) is 14.4 Å². The van der Waals surface area contributed by atoms with Crippen molar-refractivity contribution < 1.29 is 29.0 Å². The van der Waals surface area contributed by atoms with Crippen molar-refractivity contribution in [3.05, 3.63) is 59.7 Å².